The van der Waals surface area contributed by atoms with Crippen molar-refractivity contribution in [2.75, 3.05) is 13.2 Å². The molecule has 6 fully saturated rings. The molecule has 2 aliphatic heterocycles. The van der Waals surface area contributed by atoms with Crippen LogP contribution in [-0.2, 0) is 23.7 Å². The van der Waals surface area contributed by atoms with E-state index in [4.69, 9.17) is 18.9 Å². The SMILES string of the molecule is C=C1C[C@@]23CC[C@H]4[C@@](C)(CCC[C@@]4(C)C(=O)O[C@@H]4O[C@H](CO)[C@@H](O)[C@H](O)[C@H]4O)[C@@H]2CC[C@@]1(O[C@H]1C[C@@H](O)[C@H](O)[C@@H](CO)O1)C3. The Morgan fingerprint density at radius 3 is 2.27 bits per heavy atom. The Balaban J connectivity index is 1.19. The van der Waals surface area contributed by atoms with E-state index in [1.54, 1.807) is 0 Å². The summed E-state index contributed by atoms with van der Waals surface area (Å²) in [5, 5.41) is 70.7. The fraction of sp³-hybridized carbons (Fsp3) is 0.906. The lowest BCUT2D eigenvalue weighted by molar-refractivity contribution is -0.299. The summed E-state index contributed by atoms with van der Waals surface area (Å²) in [5.41, 5.74) is -0.719. The second-order valence-corrected chi connectivity index (χ2v) is 15.1. The molecule has 12 nitrogen and oxygen atoms in total. The maximum Gasteiger partial charge on any atom is 0.314 e. The number of hydrogen-bond acceptors (Lipinski definition) is 12. The molecule has 0 amide bonds. The Hall–Kier alpha value is -1.19. The fourth-order valence-electron chi connectivity index (χ4n) is 10.6. The van der Waals surface area contributed by atoms with Crippen molar-refractivity contribution in [1.82, 2.24) is 0 Å². The van der Waals surface area contributed by atoms with Gasteiger partial charge in [0, 0.05) is 6.42 Å². The highest BCUT2D eigenvalue weighted by Gasteiger charge is 2.69. The number of hydrogen-bond donors (Lipinski definition) is 7. The molecule has 0 unspecified atom stereocenters. The topological polar surface area (TPSA) is 196 Å². The first-order valence-corrected chi connectivity index (χ1v) is 16.2. The minimum Gasteiger partial charge on any atom is -0.432 e. The largest absolute Gasteiger partial charge is 0.432 e. The maximum absolute atomic E-state index is 13.9. The van der Waals surface area contributed by atoms with Crippen molar-refractivity contribution in [3.05, 3.63) is 12.2 Å². The molecule has 0 aromatic heterocycles. The van der Waals surface area contributed by atoms with Crippen LogP contribution in [0.4, 0.5) is 0 Å². The standard InChI is InChI=1S/C32H50O12/c1-16-12-31-9-5-20-29(2,21(31)6-10-32(16,15-31)44-22-11-17(35)23(36)18(13-33)41-22)7-4-8-30(20,3)28(40)43-27-26(39)25(38)24(37)19(14-34)42-27/h17-27,33-39H,1,4-15H2,2-3H3/t17-,18-,19-,20+,21+,22+,23+,24-,25+,26-,27+,29-,30-,31-,32-/m1/s1. The van der Waals surface area contributed by atoms with Gasteiger partial charge in [0.25, 0.3) is 0 Å². The van der Waals surface area contributed by atoms with Crippen LogP contribution in [0.1, 0.15) is 78.1 Å². The lowest BCUT2D eigenvalue weighted by Crippen LogP contribution is -2.62. The first-order valence-electron chi connectivity index (χ1n) is 16.2. The van der Waals surface area contributed by atoms with Gasteiger partial charge in [0.1, 0.15) is 36.6 Å². The van der Waals surface area contributed by atoms with Gasteiger partial charge in [-0.25, -0.2) is 0 Å². The van der Waals surface area contributed by atoms with Crippen molar-refractivity contribution < 1.29 is 59.5 Å². The second kappa shape index (κ2) is 11.5. The van der Waals surface area contributed by atoms with E-state index in [0.29, 0.717) is 12.3 Å². The number of carbonyl (C=O) groups excluding carboxylic acids is 1. The Morgan fingerprint density at radius 2 is 1.57 bits per heavy atom. The van der Waals surface area contributed by atoms with Gasteiger partial charge in [0.05, 0.1) is 30.3 Å². The van der Waals surface area contributed by atoms with Gasteiger partial charge in [0.2, 0.25) is 6.29 Å². The zero-order valence-electron chi connectivity index (χ0n) is 25.7. The molecule has 0 aromatic carbocycles. The van der Waals surface area contributed by atoms with Crippen molar-refractivity contribution in [3.63, 3.8) is 0 Å². The molecule has 2 bridgehead atoms. The van der Waals surface area contributed by atoms with Gasteiger partial charge >= 0.3 is 5.97 Å². The lowest BCUT2D eigenvalue weighted by atomic mass is 9.41. The molecular formula is C32H50O12. The van der Waals surface area contributed by atoms with Gasteiger partial charge in [-0.15, -0.1) is 0 Å². The molecule has 6 aliphatic rings. The summed E-state index contributed by atoms with van der Waals surface area (Å²) in [6, 6.07) is 0. The van der Waals surface area contributed by atoms with Gasteiger partial charge in [-0.1, -0.05) is 19.9 Å². The van der Waals surface area contributed by atoms with Crippen molar-refractivity contribution >= 4 is 5.97 Å². The highest BCUT2D eigenvalue weighted by molar-refractivity contribution is 5.77. The third kappa shape index (κ3) is 4.91. The van der Waals surface area contributed by atoms with Crippen LogP contribution in [0.25, 0.3) is 0 Å². The van der Waals surface area contributed by atoms with Crippen LogP contribution in [0.15, 0.2) is 12.2 Å². The van der Waals surface area contributed by atoms with Gasteiger partial charge in [-0.05, 0) is 86.5 Å². The minimum absolute atomic E-state index is 0.00247. The summed E-state index contributed by atoms with van der Waals surface area (Å²) in [6.45, 7) is 7.67. The van der Waals surface area contributed by atoms with Crippen molar-refractivity contribution in [1.29, 1.82) is 0 Å². The molecule has 7 N–H and O–H groups in total. The third-order valence-corrected chi connectivity index (χ3v) is 12.7. The summed E-state index contributed by atoms with van der Waals surface area (Å²) in [4.78, 5) is 13.9. The fourth-order valence-corrected chi connectivity index (χ4v) is 10.6. The van der Waals surface area contributed by atoms with Gasteiger partial charge in [-0.3, -0.25) is 4.79 Å². The molecule has 4 saturated carbocycles. The molecule has 0 aromatic rings. The second-order valence-electron chi connectivity index (χ2n) is 15.1. The maximum atomic E-state index is 13.9. The molecule has 6 rings (SSSR count). The average Bonchev–Trinajstić information content (AvgIpc) is 3.18. The zero-order chi connectivity index (χ0) is 31.8. The van der Waals surface area contributed by atoms with E-state index < -0.39 is 85.5 Å². The Morgan fingerprint density at radius 1 is 0.886 bits per heavy atom. The third-order valence-electron chi connectivity index (χ3n) is 12.7. The number of rotatable bonds is 6. The first kappa shape index (κ1) is 32.7. The van der Waals surface area contributed by atoms with E-state index >= 15 is 0 Å². The van der Waals surface area contributed by atoms with Gasteiger partial charge in [-0.2, -0.15) is 0 Å². The van der Waals surface area contributed by atoms with Crippen LogP contribution in [-0.4, -0.2) is 116 Å². The summed E-state index contributed by atoms with van der Waals surface area (Å²) < 4.78 is 23.7. The van der Waals surface area contributed by atoms with Crippen LogP contribution in [0, 0.1) is 28.1 Å². The molecule has 4 aliphatic carbocycles. The van der Waals surface area contributed by atoms with E-state index in [-0.39, 0.29) is 23.2 Å². The summed E-state index contributed by atoms with van der Waals surface area (Å²) in [6.07, 6.45) is -4.08. The molecule has 0 radical (unpaired) electrons. The highest BCUT2D eigenvalue weighted by atomic mass is 16.7. The monoisotopic (exact) mass is 626 g/mol. The predicted molar refractivity (Wildman–Crippen MR) is 152 cm³/mol. The lowest BCUT2D eigenvalue weighted by Gasteiger charge is -2.64. The van der Waals surface area contributed by atoms with E-state index in [1.807, 2.05) is 6.92 Å². The molecule has 2 heterocycles. The number of ether oxygens (including phenoxy) is 4. The number of carbonyl (C=O) groups is 1. The molecule has 250 valence electrons. The number of fused-ring (bicyclic) bond motifs is 3. The normalized spacial score (nSPS) is 53.9. The van der Waals surface area contributed by atoms with Crippen molar-refractivity contribution in [2.45, 2.75) is 139 Å². The van der Waals surface area contributed by atoms with E-state index in [9.17, 15) is 40.5 Å². The summed E-state index contributed by atoms with van der Waals surface area (Å²) >= 11 is 0. The Bertz CT molecular complexity index is 1120. The Labute approximate surface area is 258 Å². The number of esters is 1. The molecule has 15 atom stereocenters. The van der Waals surface area contributed by atoms with E-state index in [0.717, 1.165) is 56.9 Å². The van der Waals surface area contributed by atoms with E-state index in [1.165, 1.54) is 0 Å². The average molecular weight is 627 g/mol. The van der Waals surface area contributed by atoms with E-state index in [2.05, 4.69) is 13.5 Å². The van der Waals surface area contributed by atoms with Crippen LogP contribution in [0.3, 0.4) is 0 Å². The molecule has 1 spiro atoms. The van der Waals surface area contributed by atoms with Gasteiger partial charge in [0.15, 0.2) is 6.29 Å². The highest BCUT2D eigenvalue weighted by Crippen LogP contribution is 2.73. The quantitative estimate of drug-likeness (QED) is 0.121. The minimum atomic E-state index is -1.65. The van der Waals surface area contributed by atoms with Crippen LogP contribution in [0.2, 0.25) is 0 Å². The van der Waals surface area contributed by atoms with Crippen molar-refractivity contribution in [2.24, 2.45) is 28.1 Å². The van der Waals surface area contributed by atoms with Gasteiger partial charge < -0.3 is 54.7 Å². The molecule has 2 saturated heterocycles. The number of aliphatic hydroxyl groups is 7. The van der Waals surface area contributed by atoms with Crippen molar-refractivity contribution in [3.8, 4) is 0 Å². The predicted octanol–water partition coefficient (Wildman–Crippen LogP) is 0.267. The number of aliphatic hydroxyl groups excluding tert-OH is 7. The zero-order valence-corrected chi connectivity index (χ0v) is 25.7. The van der Waals surface area contributed by atoms with Crippen LogP contribution >= 0.6 is 0 Å². The Kier molecular flexibility index (Phi) is 8.56. The summed E-state index contributed by atoms with van der Waals surface area (Å²) in [7, 11) is 0. The van der Waals surface area contributed by atoms with Crippen LogP contribution in [0.5, 0.6) is 0 Å². The molecular weight excluding hydrogens is 576 g/mol. The first-order chi connectivity index (χ1) is 20.7. The summed E-state index contributed by atoms with van der Waals surface area (Å²) in [5.74, 6) is -0.205. The van der Waals surface area contributed by atoms with Crippen LogP contribution < -0.4 is 0 Å². The smallest absolute Gasteiger partial charge is 0.314 e. The molecule has 12 heteroatoms. The molecule has 44 heavy (non-hydrogen) atoms.